The molecule has 0 spiro atoms. The number of hydrogen-bond donors (Lipinski definition) is 0. The molecule has 0 radical (unpaired) electrons. The van der Waals surface area contributed by atoms with Gasteiger partial charge in [0.15, 0.2) is 11.6 Å². The lowest BCUT2D eigenvalue weighted by Crippen LogP contribution is -2.34. The van der Waals surface area contributed by atoms with E-state index in [9.17, 15) is 4.39 Å². The van der Waals surface area contributed by atoms with Crippen LogP contribution in [-0.4, -0.2) is 26.3 Å². The predicted molar refractivity (Wildman–Crippen MR) is 78.5 cm³/mol. The van der Waals surface area contributed by atoms with Crippen molar-refractivity contribution in [3.8, 4) is 0 Å². The van der Waals surface area contributed by atoms with Crippen molar-refractivity contribution in [3.05, 3.63) is 35.8 Å². The molecule has 1 aliphatic rings. The zero-order valence-corrected chi connectivity index (χ0v) is 12.5. The Balaban J connectivity index is 1.98. The minimum absolute atomic E-state index is 0.140. The minimum Gasteiger partial charge on any atom is -0.347 e. The highest BCUT2D eigenvalue weighted by Gasteiger charge is 2.28. The summed E-state index contributed by atoms with van der Waals surface area (Å²) in [6.07, 6.45) is 9.10. The van der Waals surface area contributed by atoms with Crippen molar-refractivity contribution in [2.75, 3.05) is 11.4 Å². The molecule has 1 fully saturated rings. The van der Waals surface area contributed by atoms with Crippen LogP contribution >= 0.6 is 0 Å². The number of hydrogen-bond acceptors (Lipinski definition) is 4. The lowest BCUT2D eigenvalue weighted by atomic mass is 9.97. The average Bonchev–Trinajstić information content (AvgIpc) is 2.94. The molecule has 0 saturated carbocycles. The fourth-order valence-corrected chi connectivity index (χ4v) is 2.99. The van der Waals surface area contributed by atoms with E-state index in [-0.39, 0.29) is 11.9 Å². The van der Waals surface area contributed by atoms with Gasteiger partial charge in [0.2, 0.25) is 0 Å². The van der Waals surface area contributed by atoms with Gasteiger partial charge in [-0.2, -0.15) is 5.10 Å². The normalized spacial score (nSPS) is 19.0. The van der Waals surface area contributed by atoms with E-state index in [1.807, 2.05) is 26.4 Å². The Morgan fingerprint density at radius 3 is 2.90 bits per heavy atom. The van der Waals surface area contributed by atoms with Crippen LogP contribution in [0.2, 0.25) is 0 Å². The van der Waals surface area contributed by atoms with Gasteiger partial charge in [0, 0.05) is 25.4 Å². The van der Waals surface area contributed by atoms with Crippen molar-refractivity contribution in [1.29, 1.82) is 0 Å². The molecule has 5 nitrogen and oxygen atoms in total. The van der Waals surface area contributed by atoms with Gasteiger partial charge in [-0.25, -0.2) is 14.4 Å². The summed E-state index contributed by atoms with van der Waals surface area (Å²) < 4.78 is 16.4. The van der Waals surface area contributed by atoms with E-state index in [1.54, 1.807) is 4.68 Å². The van der Waals surface area contributed by atoms with Crippen molar-refractivity contribution < 1.29 is 4.39 Å². The highest BCUT2D eigenvalue weighted by atomic mass is 19.1. The van der Waals surface area contributed by atoms with Crippen molar-refractivity contribution in [1.82, 2.24) is 19.7 Å². The molecule has 2 aromatic rings. The number of aryl methyl sites for hydroxylation is 2. The van der Waals surface area contributed by atoms with E-state index in [0.29, 0.717) is 17.9 Å². The molecule has 1 atom stereocenters. The van der Waals surface area contributed by atoms with Gasteiger partial charge in [0.05, 0.1) is 17.9 Å². The Kier molecular flexibility index (Phi) is 3.86. The number of aromatic nitrogens is 4. The monoisotopic (exact) mass is 289 g/mol. The van der Waals surface area contributed by atoms with Crippen LogP contribution < -0.4 is 4.90 Å². The molecule has 21 heavy (non-hydrogen) atoms. The van der Waals surface area contributed by atoms with E-state index < -0.39 is 0 Å². The highest BCUT2D eigenvalue weighted by molar-refractivity contribution is 5.44. The molecule has 0 N–H and O–H groups in total. The number of nitrogens with zero attached hydrogens (tertiary/aromatic N) is 5. The van der Waals surface area contributed by atoms with Crippen LogP contribution in [0.25, 0.3) is 0 Å². The van der Waals surface area contributed by atoms with Crippen LogP contribution in [0.1, 0.15) is 43.5 Å². The first-order valence-corrected chi connectivity index (χ1v) is 7.45. The number of piperidine rings is 1. The molecule has 1 saturated heterocycles. The molecule has 6 heteroatoms. The van der Waals surface area contributed by atoms with E-state index in [4.69, 9.17) is 0 Å². The summed E-state index contributed by atoms with van der Waals surface area (Å²) in [5.74, 6) is 0.145. The van der Waals surface area contributed by atoms with E-state index >= 15 is 0 Å². The van der Waals surface area contributed by atoms with Crippen LogP contribution in [-0.2, 0) is 13.5 Å². The number of rotatable bonds is 3. The minimum atomic E-state index is -0.282. The summed E-state index contributed by atoms with van der Waals surface area (Å²) in [5, 5.41) is 4.24. The third-order valence-corrected chi connectivity index (χ3v) is 4.06. The zero-order chi connectivity index (χ0) is 14.8. The van der Waals surface area contributed by atoms with Crippen LogP contribution in [0.4, 0.5) is 10.2 Å². The fourth-order valence-electron chi connectivity index (χ4n) is 2.99. The largest absolute Gasteiger partial charge is 0.347 e. The first-order valence-electron chi connectivity index (χ1n) is 7.45. The maximum Gasteiger partial charge on any atom is 0.187 e. The first-order chi connectivity index (χ1) is 10.2. The highest BCUT2D eigenvalue weighted by Crippen LogP contribution is 2.35. The second-order valence-corrected chi connectivity index (χ2v) is 5.46. The summed E-state index contributed by atoms with van der Waals surface area (Å²) >= 11 is 0. The Bertz CT molecular complexity index is 624. The van der Waals surface area contributed by atoms with Gasteiger partial charge >= 0.3 is 0 Å². The molecule has 0 aromatic carbocycles. The van der Waals surface area contributed by atoms with Crippen LogP contribution in [0.3, 0.4) is 0 Å². The molecule has 0 amide bonds. The lowest BCUT2D eigenvalue weighted by molar-refractivity contribution is 0.457. The Morgan fingerprint density at radius 2 is 2.19 bits per heavy atom. The van der Waals surface area contributed by atoms with Gasteiger partial charge in [-0.1, -0.05) is 6.92 Å². The molecule has 0 aliphatic carbocycles. The number of anilines is 1. The standard InChI is InChI=1S/C15H20FN5/c1-3-12-14(16)15(18-10-17-12)21-7-5-4-6-13(21)11-8-19-20(2)9-11/h8-10,13H,3-7H2,1-2H3. The molecule has 112 valence electrons. The molecule has 1 unspecified atom stereocenters. The Morgan fingerprint density at radius 1 is 1.33 bits per heavy atom. The fraction of sp³-hybridized carbons (Fsp3) is 0.533. The third kappa shape index (κ3) is 2.62. The first kappa shape index (κ1) is 14.0. The molecular formula is C15H20FN5. The lowest BCUT2D eigenvalue weighted by Gasteiger charge is -2.36. The maximum atomic E-state index is 14.6. The molecule has 1 aliphatic heterocycles. The van der Waals surface area contributed by atoms with Crippen molar-refractivity contribution >= 4 is 5.82 Å². The van der Waals surface area contributed by atoms with Crippen LogP contribution in [0.5, 0.6) is 0 Å². The molecular weight excluding hydrogens is 269 g/mol. The van der Waals surface area contributed by atoms with Crippen molar-refractivity contribution in [2.45, 2.75) is 38.6 Å². The zero-order valence-electron chi connectivity index (χ0n) is 12.5. The number of halogens is 1. The molecule has 0 bridgehead atoms. The third-order valence-electron chi connectivity index (χ3n) is 4.06. The van der Waals surface area contributed by atoms with Crippen molar-refractivity contribution in [2.24, 2.45) is 7.05 Å². The molecule has 3 heterocycles. The van der Waals surface area contributed by atoms with E-state index in [0.717, 1.165) is 31.4 Å². The van der Waals surface area contributed by atoms with E-state index in [1.165, 1.54) is 6.33 Å². The Labute approximate surface area is 123 Å². The van der Waals surface area contributed by atoms with Gasteiger partial charge in [0.1, 0.15) is 6.33 Å². The SMILES string of the molecule is CCc1ncnc(N2CCCCC2c2cnn(C)c2)c1F. The Hall–Kier alpha value is -1.98. The summed E-state index contributed by atoms with van der Waals surface area (Å²) in [6.45, 7) is 2.72. The van der Waals surface area contributed by atoms with Crippen LogP contribution in [0.15, 0.2) is 18.7 Å². The summed E-state index contributed by atoms with van der Waals surface area (Å²) in [6, 6.07) is 0.140. The second-order valence-electron chi connectivity index (χ2n) is 5.46. The van der Waals surface area contributed by atoms with E-state index in [2.05, 4.69) is 20.0 Å². The van der Waals surface area contributed by atoms with Gasteiger partial charge in [-0.05, 0) is 25.7 Å². The second kappa shape index (κ2) is 5.79. The van der Waals surface area contributed by atoms with Gasteiger partial charge in [0.25, 0.3) is 0 Å². The average molecular weight is 289 g/mol. The molecule has 2 aromatic heterocycles. The predicted octanol–water partition coefficient (Wildman–Crippen LogP) is 2.64. The van der Waals surface area contributed by atoms with Crippen LogP contribution in [0, 0.1) is 5.82 Å². The van der Waals surface area contributed by atoms with Crippen molar-refractivity contribution in [3.63, 3.8) is 0 Å². The topological polar surface area (TPSA) is 46.8 Å². The summed E-state index contributed by atoms with van der Waals surface area (Å²) in [7, 11) is 1.90. The quantitative estimate of drug-likeness (QED) is 0.871. The summed E-state index contributed by atoms with van der Waals surface area (Å²) in [4.78, 5) is 10.3. The maximum absolute atomic E-state index is 14.6. The van der Waals surface area contributed by atoms with Gasteiger partial charge < -0.3 is 4.90 Å². The van der Waals surface area contributed by atoms with Gasteiger partial charge in [-0.15, -0.1) is 0 Å². The molecule has 3 rings (SSSR count). The summed E-state index contributed by atoms with van der Waals surface area (Å²) in [5.41, 5.74) is 1.60. The van der Waals surface area contributed by atoms with Gasteiger partial charge in [-0.3, -0.25) is 4.68 Å². The smallest absolute Gasteiger partial charge is 0.187 e.